The van der Waals surface area contributed by atoms with Crippen molar-refractivity contribution >= 4 is 22.4 Å². The smallest absolute Gasteiger partial charge is 0.354 e. The van der Waals surface area contributed by atoms with Gasteiger partial charge in [0.15, 0.2) is 0 Å². The third kappa shape index (κ3) is 3.46. The average Bonchev–Trinajstić information content (AvgIpc) is 3.07. The molecule has 4 nitrogen and oxygen atoms in total. The topological polar surface area (TPSA) is 53.6 Å². The fourth-order valence-electron chi connectivity index (χ4n) is 2.71. The molecule has 0 aliphatic carbocycles. The summed E-state index contributed by atoms with van der Waals surface area (Å²) in [6, 6.07) is 9.38. The minimum atomic E-state index is -4.56. The quantitative estimate of drug-likeness (QED) is 0.465. The molecule has 0 spiro atoms. The number of anilines is 2. The number of aromatic nitrogens is 3. The number of H-pyrrole nitrogens is 1. The first-order valence-corrected chi connectivity index (χ1v) is 7.93. The van der Waals surface area contributed by atoms with Gasteiger partial charge in [0.05, 0.1) is 16.8 Å². The van der Waals surface area contributed by atoms with Crippen LogP contribution < -0.4 is 5.32 Å². The van der Waals surface area contributed by atoms with Crippen LogP contribution in [-0.2, 0) is 6.18 Å². The van der Waals surface area contributed by atoms with E-state index in [9.17, 15) is 17.6 Å². The number of nitrogens with one attached hydrogen (secondary N) is 2. The van der Waals surface area contributed by atoms with Gasteiger partial charge in [-0.15, -0.1) is 0 Å². The molecule has 0 fully saturated rings. The van der Waals surface area contributed by atoms with Gasteiger partial charge in [-0.3, -0.25) is 4.98 Å². The Bertz CT molecular complexity index is 1100. The summed E-state index contributed by atoms with van der Waals surface area (Å²) in [6.07, 6.45) is 0.369. The zero-order valence-electron chi connectivity index (χ0n) is 13.7. The van der Waals surface area contributed by atoms with Crippen LogP contribution in [0.25, 0.3) is 22.2 Å². The van der Waals surface area contributed by atoms with Gasteiger partial charge >= 0.3 is 6.18 Å². The highest BCUT2D eigenvalue weighted by Crippen LogP contribution is 2.33. The van der Waals surface area contributed by atoms with Crippen LogP contribution in [0.3, 0.4) is 0 Å². The molecule has 3 aromatic heterocycles. The Morgan fingerprint density at radius 1 is 1.00 bits per heavy atom. The van der Waals surface area contributed by atoms with Crippen molar-refractivity contribution < 1.29 is 17.6 Å². The number of nitrogens with zero attached hydrogens (tertiary/aromatic N) is 2. The molecule has 0 radical (unpaired) electrons. The highest BCUT2D eigenvalue weighted by Gasteiger charge is 2.31. The molecule has 1 aromatic carbocycles. The van der Waals surface area contributed by atoms with Crippen LogP contribution in [0.15, 0.2) is 61.1 Å². The molecule has 0 unspecified atom stereocenters. The molecule has 4 aromatic rings. The van der Waals surface area contributed by atoms with Crippen molar-refractivity contribution in [2.75, 3.05) is 5.32 Å². The number of aromatic amines is 1. The van der Waals surface area contributed by atoms with Crippen molar-refractivity contribution in [3.8, 4) is 11.3 Å². The first-order chi connectivity index (χ1) is 12.9. The summed E-state index contributed by atoms with van der Waals surface area (Å²) in [7, 11) is 0. The molecule has 0 amide bonds. The zero-order valence-corrected chi connectivity index (χ0v) is 13.7. The van der Waals surface area contributed by atoms with Crippen molar-refractivity contribution in [3.05, 3.63) is 72.4 Å². The molecule has 0 saturated carbocycles. The summed E-state index contributed by atoms with van der Waals surface area (Å²) in [4.78, 5) is 11.4. The van der Waals surface area contributed by atoms with E-state index in [1.165, 1.54) is 0 Å². The Kier molecular flexibility index (Phi) is 4.02. The standard InChI is InChI=1S/C19H12F4N4/c20-14-4-3-13(19(21,22)23)7-17(14)27-18-8-16-12(10-25-18)6-15(26-16)11-2-1-5-24-9-11/h1-10,26H,(H,25,27). The molecule has 0 bridgehead atoms. The Morgan fingerprint density at radius 2 is 1.85 bits per heavy atom. The SMILES string of the molecule is Fc1ccc(C(F)(F)F)cc1Nc1cc2[nH]c(-c3cccnc3)cc2cn1. The van der Waals surface area contributed by atoms with Gasteiger partial charge in [0.2, 0.25) is 0 Å². The predicted molar refractivity (Wildman–Crippen MR) is 94.0 cm³/mol. The summed E-state index contributed by atoms with van der Waals surface area (Å²) in [5.74, 6) is -0.576. The molecule has 0 atom stereocenters. The van der Waals surface area contributed by atoms with Crippen LogP contribution in [-0.4, -0.2) is 15.0 Å². The van der Waals surface area contributed by atoms with Crippen LogP contribution in [0.4, 0.5) is 29.1 Å². The summed E-state index contributed by atoms with van der Waals surface area (Å²) in [6.45, 7) is 0. The molecule has 0 saturated heterocycles. The van der Waals surface area contributed by atoms with Crippen LogP contribution in [0.5, 0.6) is 0 Å². The number of pyridine rings is 2. The van der Waals surface area contributed by atoms with Gasteiger partial charge in [0.25, 0.3) is 0 Å². The van der Waals surface area contributed by atoms with Crippen molar-refractivity contribution in [2.45, 2.75) is 6.18 Å². The van der Waals surface area contributed by atoms with E-state index >= 15 is 0 Å². The highest BCUT2D eigenvalue weighted by molar-refractivity contribution is 5.87. The molecule has 136 valence electrons. The summed E-state index contributed by atoms with van der Waals surface area (Å²) in [5, 5.41) is 3.42. The molecule has 0 aliphatic rings. The average molecular weight is 372 g/mol. The molecule has 4 rings (SSSR count). The summed E-state index contributed by atoms with van der Waals surface area (Å²) < 4.78 is 52.4. The number of hydrogen-bond acceptors (Lipinski definition) is 3. The lowest BCUT2D eigenvalue weighted by atomic mass is 10.2. The second-order valence-corrected chi connectivity index (χ2v) is 5.90. The van der Waals surface area contributed by atoms with Gasteiger partial charge in [0.1, 0.15) is 11.6 Å². The van der Waals surface area contributed by atoms with Gasteiger partial charge in [-0.2, -0.15) is 13.2 Å². The molecular formula is C19H12F4N4. The van der Waals surface area contributed by atoms with E-state index in [-0.39, 0.29) is 11.5 Å². The highest BCUT2D eigenvalue weighted by atomic mass is 19.4. The van der Waals surface area contributed by atoms with Crippen molar-refractivity contribution in [3.63, 3.8) is 0 Å². The Morgan fingerprint density at radius 3 is 2.59 bits per heavy atom. The minimum absolute atomic E-state index is 0.223. The third-order valence-corrected chi connectivity index (χ3v) is 4.03. The predicted octanol–water partition coefficient (Wildman–Crippen LogP) is 5.53. The van der Waals surface area contributed by atoms with Crippen LogP contribution in [0.1, 0.15) is 5.56 Å². The van der Waals surface area contributed by atoms with E-state index < -0.39 is 17.6 Å². The number of benzene rings is 1. The maximum absolute atomic E-state index is 13.9. The largest absolute Gasteiger partial charge is 0.416 e. The molecular weight excluding hydrogens is 360 g/mol. The fraction of sp³-hybridized carbons (Fsp3) is 0.0526. The van der Waals surface area contributed by atoms with Crippen LogP contribution in [0.2, 0.25) is 0 Å². The Labute approximate surface area is 150 Å². The van der Waals surface area contributed by atoms with Gasteiger partial charge in [-0.1, -0.05) is 0 Å². The van der Waals surface area contributed by atoms with Gasteiger partial charge < -0.3 is 10.3 Å². The van der Waals surface area contributed by atoms with E-state index in [0.29, 0.717) is 11.6 Å². The van der Waals surface area contributed by atoms with E-state index in [1.54, 1.807) is 24.7 Å². The minimum Gasteiger partial charge on any atom is -0.354 e. The van der Waals surface area contributed by atoms with E-state index in [4.69, 9.17) is 0 Å². The van der Waals surface area contributed by atoms with Crippen molar-refractivity contribution in [2.24, 2.45) is 0 Å². The maximum atomic E-state index is 13.9. The van der Waals surface area contributed by atoms with Crippen LogP contribution >= 0.6 is 0 Å². The van der Waals surface area contributed by atoms with E-state index in [1.807, 2.05) is 18.2 Å². The normalized spacial score (nSPS) is 11.7. The molecule has 3 heterocycles. The number of halogens is 4. The van der Waals surface area contributed by atoms with Crippen molar-refractivity contribution in [1.82, 2.24) is 15.0 Å². The maximum Gasteiger partial charge on any atom is 0.416 e. The van der Waals surface area contributed by atoms with Gasteiger partial charge in [0, 0.05) is 41.3 Å². The first-order valence-electron chi connectivity index (χ1n) is 7.93. The van der Waals surface area contributed by atoms with Crippen LogP contribution in [0, 0.1) is 5.82 Å². The van der Waals surface area contributed by atoms with E-state index in [0.717, 1.165) is 28.8 Å². The number of rotatable bonds is 3. The van der Waals surface area contributed by atoms with Gasteiger partial charge in [-0.05, 0) is 36.4 Å². The number of alkyl halides is 3. The summed E-state index contributed by atoms with van der Waals surface area (Å²) in [5.41, 5.74) is 1.18. The molecule has 0 aliphatic heterocycles. The second kappa shape index (κ2) is 6.39. The van der Waals surface area contributed by atoms with E-state index in [2.05, 4.69) is 20.3 Å². The molecule has 8 heteroatoms. The molecule has 2 N–H and O–H groups in total. The zero-order chi connectivity index (χ0) is 19.0. The Hall–Kier alpha value is -3.42. The monoisotopic (exact) mass is 372 g/mol. The third-order valence-electron chi connectivity index (χ3n) is 4.03. The lowest BCUT2D eigenvalue weighted by Crippen LogP contribution is -2.06. The lowest BCUT2D eigenvalue weighted by molar-refractivity contribution is -0.137. The van der Waals surface area contributed by atoms with Gasteiger partial charge in [-0.25, -0.2) is 9.37 Å². The fourth-order valence-corrected chi connectivity index (χ4v) is 2.71. The Balaban J connectivity index is 1.67. The number of hydrogen-bond donors (Lipinski definition) is 2. The molecule has 27 heavy (non-hydrogen) atoms. The lowest BCUT2D eigenvalue weighted by Gasteiger charge is -2.11. The first kappa shape index (κ1) is 17.0. The summed E-state index contributed by atoms with van der Waals surface area (Å²) >= 11 is 0. The second-order valence-electron chi connectivity index (χ2n) is 5.90. The number of fused-ring (bicyclic) bond motifs is 1. The van der Waals surface area contributed by atoms with Crippen molar-refractivity contribution in [1.29, 1.82) is 0 Å².